The van der Waals surface area contributed by atoms with Crippen LogP contribution in [0.1, 0.15) is 22.2 Å². The number of allylic oxidation sites excluding steroid dienone is 2. The lowest BCUT2D eigenvalue weighted by molar-refractivity contribution is 1.18. The zero-order chi connectivity index (χ0) is 11.5. The fourth-order valence-corrected chi connectivity index (χ4v) is 3.86. The first-order valence-electron chi connectivity index (χ1n) is 5.98. The second kappa shape index (κ2) is 4.72. The predicted octanol–water partition coefficient (Wildman–Crippen LogP) is 3.74. The lowest BCUT2D eigenvalue weighted by Gasteiger charge is -2.11. The molecule has 2 atom stereocenters. The summed E-state index contributed by atoms with van der Waals surface area (Å²) in [6.07, 6.45) is 4.73. The molecule has 0 nitrogen and oxygen atoms in total. The molecule has 1 heterocycles. The molecule has 2 aromatic rings. The van der Waals surface area contributed by atoms with E-state index in [0.717, 1.165) is 9.52 Å². The molecule has 1 heteroatoms. The van der Waals surface area contributed by atoms with Gasteiger partial charge in [-0.2, -0.15) is 0 Å². The van der Waals surface area contributed by atoms with Crippen molar-refractivity contribution in [2.45, 2.75) is 11.1 Å². The van der Waals surface area contributed by atoms with E-state index >= 15 is 0 Å². The molecule has 0 spiro atoms. The van der Waals surface area contributed by atoms with Gasteiger partial charge in [0.05, 0.1) is 9.52 Å². The molecular weight excluding hydrogens is 220 g/mol. The molecule has 2 radical (unpaired) electrons. The normalized spacial score (nSPS) is 22.8. The molecule has 0 bridgehead atoms. The summed E-state index contributed by atoms with van der Waals surface area (Å²) in [4.78, 5) is 0. The maximum atomic E-state index is 2.37. The molecule has 82 valence electrons. The Kier molecular flexibility index (Phi) is 2.93. The molecule has 0 saturated carbocycles. The van der Waals surface area contributed by atoms with E-state index in [1.54, 1.807) is 0 Å². The van der Waals surface area contributed by atoms with Crippen molar-refractivity contribution in [2.24, 2.45) is 0 Å². The van der Waals surface area contributed by atoms with Gasteiger partial charge in [-0.3, -0.25) is 0 Å². The van der Waals surface area contributed by atoms with Gasteiger partial charge in [0.2, 0.25) is 0 Å². The lowest BCUT2D eigenvalue weighted by atomic mass is 10.1. The lowest BCUT2D eigenvalue weighted by Crippen LogP contribution is -2.07. The highest BCUT2D eigenvalue weighted by Gasteiger charge is 2.22. The molecule has 0 aromatic heterocycles. The molecule has 2 aromatic carbocycles. The van der Waals surface area contributed by atoms with Crippen LogP contribution in [-0.4, -0.2) is 9.52 Å². The minimum absolute atomic E-state index is 0.612. The first kappa shape index (κ1) is 10.5. The Morgan fingerprint density at radius 1 is 0.588 bits per heavy atom. The van der Waals surface area contributed by atoms with Crippen LogP contribution < -0.4 is 0 Å². The number of benzene rings is 2. The van der Waals surface area contributed by atoms with Crippen LogP contribution in [0.25, 0.3) is 0 Å². The van der Waals surface area contributed by atoms with Crippen LogP contribution in [0, 0.1) is 0 Å². The minimum atomic E-state index is 0.612. The summed E-state index contributed by atoms with van der Waals surface area (Å²) in [5.74, 6) is 0. The molecule has 0 saturated heterocycles. The van der Waals surface area contributed by atoms with Crippen LogP contribution >= 0.6 is 0 Å². The summed E-state index contributed by atoms with van der Waals surface area (Å²) in [6.45, 7) is 0. The van der Waals surface area contributed by atoms with Crippen LogP contribution in [0.5, 0.6) is 0 Å². The summed E-state index contributed by atoms with van der Waals surface area (Å²) in [5.41, 5.74) is 4.11. The van der Waals surface area contributed by atoms with Crippen molar-refractivity contribution in [1.82, 2.24) is 0 Å². The van der Waals surface area contributed by atoms with E-state index in [1.807, 2.05) is 0 Å². The molecular formula is C16H14Si. The van der Waals surface area contributed by atoms with Gasteiger partial charge in [-0.15, -0.1) is 0 Å². The van der Waals surface area contributed by atoms with E-state index in [0.29, 0.717) is 11.1 Å². The quantitative estimate of drug-likeness (QED) is 0.548. The molecule has 17 heavy (non-hydrogen) atoms. The molecule has 3 rings (SSSR count). The van der Waals surface area contributed by atoms with Gasteiger partial charge >= 0.3 is 0 Å². The second-order valence-electron chi connectivity index (χ2n) is 4.33. The summed E-state index contributed by atoms with van der Waals surface area (Å²) in [7, 11) is 0.935. The molecule has 0 fully saturated rings. The number of hydrogen-bond donors (Lipinski definition) is 0. The van der Waals surface area contributed by atoms with Crippen LogP contribution in [0.2, 0.25) is 0 Å². The van der Waals surface area contributed by atoms with Gasteiger partial charge in [-0.05, 0) is 22.2 Å². The molecule has 1 aliphatic heterocycles. The van der Waals surface area contributed by atoms with Crippen LogP contribution in [-0.2, 0) is 0 Å². The highest BCUT2D eigenvalue weighted by molar-refractivity contribution is 6.43. The third-order valence-corrected chi connectivity index (χ3v) is 4.94. The molecule has 0 aliphatic carbocycles. The third kappa shape index (κ3) is 2.24. The maximum Gasteiger partial charge on any atom is 0.0669 e. The van der Waals surface area contributed by atoms with E-state index in [1.165, 1.54) is 11.1 Å². The Balaban J connectivity index is 1.78. The highest BCUT2D eigenvalue weighted by atomic mass is 28.2. The Bertz CT molecular complexity index is 454. The number of rotatable bonds is 2. The monoisotopic (exact) mass is 234 g/mol. The summed E-state index contributed by atoms with van der Waals surface area (Å²) in [6, 6.07) is 21.6. The summed E-state index contributed by atoms with van der Waals surface area (Å²) in [5, 5.41) is 0. The van der Waals surface area contributed by atoms with E-state index in [2.05, 4.69) is 72.8 Å². The zero-order valence-electron chi connectivity index (χ0n) is 9.58. The van der Waals surface area contributed by atoms with Crippen molar-refractivity contribution in [1.29, 1.82) is 0 Å². The van der Waals surface area contributed by atoms with Crippen LogP contribution in [0.4, 0.5) is 0 Å². The van der Waals surface area contributed by atoms with Crippen molar-refractivity contribution >= 4 is 9.52 Å². The first-order chi connectivity index (χ1) is 8.43. The van der Waals surface area contributed by atoms with E-state index in [-0.39, 0.29) is 0 Å². The zero-order valence-corrected chi connectivity index (χ0v) is 10.6. The van der Waals surface area contributed by atoms with E-state index < -0.39 is 0 Å². The van der Waals surface area contributed by atoms with Gasteiger partial charge in [0.15, 0.2) is 0 Å². The first-order valence-corrected chi connectivity index (χ1v) is 7.13. The van der Waals surface area contributed by atoms with Gasteiger partial charge in [0, 0.05) is 0 Å². The van der Waals surface area contributed by atoms with Crippen LogP contribution in [0.15, 0.2) is 72.8 Å². The van der Waals surface area contributed by atoms with E-state index in [9.17, 15) is 0 Å². The van der Waals surface area contributed by atoms with Crippen molar-refractivity contribution < 1.29 is 0 Å². The smallest absolute Gasteiger partial charge is 0.0669 e. The SMILES string of the molecule is C1=CC(c2ccccc2)[Si]C1c1ccccc1. The van der Waals surface area contributed by atoms with Gasteiger partial charge in [-0.25, -0.2) is 0 Å². The Morgan fingerprint density at radius 2 is 1.00 bits per heavy atom. The molecule has 2 unspecified atom stereocenters. The van der Waals surface area contributed by atoms with Gasteiger partial charge in [-0.1, -0.05) is 72.8 Å². The van der Waals surface area contributed by atoms with Crippen molar-refractivity contribution in [2.75, 3.05) is 0 Å². The Morgan fingerprint density at radius 3 is 1.41 bits per heavy atom. The van der Waals surface area contributed by atoms with Crippen molar-refractivity contribution in [3.8, 4) is 0 Å². The summed E-state index contributed by atoms with van der Waals surface area (Å²) >= 11 is 0. The predicted molar refractivity (Wildman–Crippen MR) is 73.3 cm³/mol. The van der Waals surface area contributed by atoms with Crippen molar-refractivity contribution in [3.05, 3.63) is 83.9 Å². The fourth-order valence-electron chi connectivity index (χ4n) is 2.26. The fraction of sp³-hybridized carbons (Fsp3) is 0.125. The highest BCUT2D eigenvalue weighted by Crippen LogP contribution is 2.30. The molecule has 0 amide bonds. The largest absolute Gasteiger partial charge is 0.0839 e. The molecule has 1 aliphatic rings. The average molecular weight is 234 g/mol. The Hall–Kier alpha value is -1.60. The minimum Gasteiger partial charge on any atom is -0.0839 e. The van der Waals surface area contributed by atoms with Gasteiger partial charge < -0.3 is 0 Å². The van der Waals surface area contributed by atoms with Gasteiger partial charge in [0.25, 0.3) is 0 Å². The third-order valence-electron chi connectivity index (χ3n) is 3.17. The average Bonchev–Trinajstić information content (AvgIpc) is 2.90. The van der Waals surface area contributed by atoms with Crippen molar-refractivity contribution in [3.63, 3.8) is 0 Å². The second-order valence-corrected chi connectivity index (χ2v) is 5.91. The van der Waals surface area contributed by atoms with Crippen LogP contribution in [0.3, 0.4) is 0 Å². The number of hydrogen-bond acceptors (Lipinski definition) is 0. The van der Waals surface area contributed by atoms with Gasteiger partial charge in [0.1, 0.15) is 0 Å². The summed E-state index contributed by atoms with van der Waals surface area (Å²) < 4.78 is 0. The topological polar surface area (TPSA) is 0 Å². The maximum absolute atomic E-state index is 2.37. The van der Waals surface area contributed by atoms with E-state index in [4.69, 9.17) is 0 Å². The molecule has 0 N–H and O–H groups in total. The Labute approximate surface area is 105 Å². The standard InChI is InChI=1S/C16H14Si/c1-3-7-13(8-4-1)15-11-12-16(17-15)14-9-5-2-6-10-14/h1-12,15-16H.